The van der Waals surface area contributed by atoms with Crippen LogP contribution >= 0.6 is 0 Å². The van der Waals surface area contributed by atoms with Gasteiger partial charge >= 0.3 is 0 Å². The molecule has 1 saturated heterocycles. The predicted octanol–water partition coefficient (Wildman–Crippen LogP) is 1.50. The largest absolute Gasteiger partial charge is 0.375 e. The molecule has 0 amide bonds. The van der Waals surface area contributed by atoms with Crippen molar-refractivity contribution in [2.24, 2.45) is 0 Å². The molecule has 1 aromatic rings. The van der Waals surface area contributed by atoms with E-state index in [0.717, 1.165) is 0 Å². The van der Waals surface area contributed by atoms with E-state index in [2.05, 4.69) is 5.32 Å². The van der Waals surface area contributed by atoms with Crippen LogP contribution in [-0.2, 0) is 11.2 Å². The summed E-state index contributed by atoms with van der Waals surface area (Å²) in [5.74, 6) is -1.00. The van der Waals surface area contributed by atoms with E-state index >= 15 is 0 Å². The second-order valence-electron chi connectivity index (χ2n) is 3.87. The van der Waals surface area contributed by atoms with Gasteiger partial charge in [0.1, 0.15) is 11.6 Å². The molecule has 2 rings (SSSR count). The summed E-state index contributed by atoms with van der Waals surface area (Å²) in [6, 6.07) is 3.91. The van der Waals surface area contributed by atoms with Gasteiger partial charge in [-0.1, -0.05) is 6.07 Å². The molecule has 2 nitrogen and oxygen atoms in total. The van der Waals surface area contributed by atoms with Crippen LogP contribution in [0.4, 0.5) is 8.78 Å². The normalized spacial score (nSPS) is 18.6. The maximum atomic E-state index is 13.4. The minimum Gasteiger partial charge on any atom is -0.375 e. The second kappa shape index (κ2) is 3.87. The molecule has 0 atom stereocenters. The molecule has 0 saturated carbocycles. The smallest absolute Gasteiger partial charge is 0.129 e. The highest BCUT2D eigenvalue weighted by Gasteiger charge is 2.38. The number of nitrogens with one attached hydrogen (secondary N) is 1. The Bertz CT molecular complexity index is 338. The molecule has 1 aliphatic rings. The molecule has 15 heavy (non-hydrogen) atoms. The molecular formula is C11H13F2NO. The van der Waals surface area contributed by atoms with Crippen molar-refractivity contribution in [3.63, 3.8) is 0 Å². The average Bonchev–Trinajstić information content (AvgIpc) is 2.15. The Labute approximate surface area is 87.2 Å². The van der Waals surface area contributed by atoms with Crippen LogP contribution in [0.2, 0.25) is 0 Å². The number of rotatable bonds is 3. The third kappa shape index (κ3) is 1.87. The zero-order valence-electron chi connectivity index (χ0n) is 8.52. The summed E-state index contributed by atoms with van der Waals surface area (Å²) >= 11 is 0. The lowest BCUT2D eigenvalue weighted by Gasteiger charge is -2.41. The lowest BCUT2D eigenvalue weighted by molar-refractivity contribution is -0.0512. The molecule has 0 bridgehead atoms. The molecule has 4 heteroatoms. The molecule has 0 unspecified atom stereocenters. The van der Waals surface area contributed by atoms with E-state index in [-0.39, 0.29) is 12.0 Å². The van der Waals surface area contributed by atoms with Gasteiger partial charge in [0, 0.05) is 32.2 Å². The average molecular weight is 213 g/mol. The predicted molar refractivity (Wildman–Crippen MR) is 52.7 cm³/mol. The summed E-state index contributed by atoms with van der Waals surface area (Å²) in [7, 11) is 1.57. The van der Waals surface area contributed by atoms with Crippen molar-refractivity contribution < 1.29 is 13.5 Å². The number of hydrogen-bond donors (Lipinski definition) is 1. The van der Waals surface area contributed by atoms with E-state index in [0.29, 0.717) is 13.1 Å². The van der Waals surface area contributed by atoms with Crippen LogP contribution in [-0.4, -0.2) is 25.8 Å². The van der Waals surface area contributed by atoms with Gasteiger partial charge in [0.2, 0.25) is 0 Å². The van der Waals surface area contributed by atoms with Crippen molar-refractivity contribution in [2.45, 2.75) is 12.0 Å². The minimum absolute atomic E-state index is 0.112. The molecular weight excluding hydrogens is 200 g/mol. The van der Waals surface area contributed by atoms with Crippen LogP contribution in [0.25, 0.3) is 0 Å². The fourth-order valence-electron chi connectivity index (χ4n) is 1.77. The monoisotopic (exact) mass is 213 g/mol. The Morgan fingerprint density at radius 3 is 2.33 bits per heavy atom. The van der Waals surface area contributed by atoms with Crippen LogP contribution in [0, 0.1) is 11.6 Å². The first-order valence-corrected chi connectivity index (χ1v) is 4.86. The molecule has 1 fully saturated rings. The van der Waals surface area contributed by atoms with Gasteiger partial charge < -0.3 is 10.1 Å². The molecule has 1 heterocycles. The number of halogens is 2. The Kier molecular flexibility index (Phi) is 2.71. The van der Waals surface area contributed by atoms with Gasteiger partial charge in [-0.25, -0.2) is 8.78 Å². The first-order valence-electron chi connectivity index (χ1n) is 4.86. The van der Waals surface area contributed by atoms with Crippen LogP contribution in [0.3, 0.4) is 0 Å². The lowest BCUT2D eigenvalue weighted by atomic mass is 9.88. The third-order valence-electron chi connectivity index (χ3n) is 2.89. The number of benzene rings is 1. The van der Waals surface area contributed by atoms with Crippen molar-refractivity contribution in [1.82, 2.24) is 5.32 Å². The van der Waals surface area contributed by atoms with E-state index in [1.165, 1.54) is 18.2 Å². The Hall–Kier alpha value is -1.00. The van der Waals surface area contributed by atoms with Gasteiger partial charge in [-0.2, -0.15) is 0 Å². The van der Waals surface area contributed by atoms with Crippen LogP contribution < -0.4 is 5.32 Å². The molecule has 0 radical (unpaired) electrons. The standard InChI is InChI=1S/C11H13F2NO/c1-15-11(6-14-7-11)5-8-9(12)3-2-4-10(8)13/h2-4,14H,5-7H2,1H3. The zero-order valence-corrected chi connectivity index (χ0v) is 8.52. The zero-order chi connectivity index (χ0) is 10.9. The van der Waals surface area contributed by atoms with E-state index in [1.54, 1.807) is 7.11 Å². The van der Waals surface area contributed by atoms with Gasteiger partial charge in [0.15, 0.2) is 0 Å². The van der Waals surface area contributed by atoms with Crippen molar-refractivity contribution in [3.8, 4) is 0 Å². The molecule has 1 aromatic carbocycles. The van der Waals surface area contributed by atoms with Gasteiger partial charge in [-0.3, -0.25) is 0 Å². The third-order valence-corrected chi connectivity index (χ3v) is 2.89. The summed E-state index contributed by atoms with van der Waals surface area (Å²) in [5.41, 5.74) is -0.330. The molecule has 0 aromatic heterocycles. The fourth-order valence-corrected chi connectivity index (χ4v) is 1.77. The highest BCUT2D eigenvalue weighted by Crippen LogP contribution is 2.24. The highest BCUT2D eigenvalue weighted by molar-refractivity contribution is 5.23. The fraction of sp³-hybridized carbons (Fsp3) is 0.455. The minimum atomic E-state index is -0.502. The SMILES string of the molecule is COC1(Cc2c(F)cccc2F)CNC1. The van der Waals surface area contributed by atoms with E-state index in [9.17, 15) is 8.78 Å². The topological polar surface area (TPSA) is 21.3 Å². The Morgan fingerprint density at radius 1 is 1.33 bits per heavy atom. The van der Waals surface area contributed by atoms with E-state index in [1.807, 2.05) is 0 Å². The van der Waals surface area contributed by atoms with Gasteiger partial charge in [0.05, 0.1) is 5.60 Å². The molecule has 0 aliphatic carbocycles. The summed E-state index contributed by atoms with van der Waals surface area (Å²) in [6.45, 7) is 1.27. The van der Waals surface area contributed by atoms with Crippen LogP contribution in [0.5, 0.6) is 0 Å². The molecule has 0 spiro atoms. The van der Waals surface area contributed by atoms with Crippen molar-refractivity contribution in [3.05, 3.63) is 35.4 Å². The summed E-state index contributed by atoms with van der Waals surface area (Å²) < 4.78 is 32.0. The lowest BCUT2D eigenvalue weighted by Crippen LogP contribution is -2.62. The summed E-state index contributed by atoms with van der Waals surface area (Å²) in [5, 5.41) is 3.04. The molecule has 82 valence electrons. The van der Waals surface area contributed by atoms with Crippen LogP contribution in [0.15, 0.2) is 18.2 Å². The summed E-state index contributed by atoms with van der Waals surface area (Å²) in [6.07, 6.45) is 0.273. The molecule has 1 N–H and O–H groups in total. The maximum Gasteiger partial charge on any atom is 0.129 e. The number of hydrogen-bond acceptors (Lipinski definition) is 2. The number of methoxy groups -OCH3 is 1. The van der Waals surface area contributed by atoms with Gasteiger partial charge in [-0.05, 0) is 12.1 Å². The second-order valence-corrected chi connectivity index (χ2v) is 3.87. The van der Waals surface area contributed by atoms with Gasteiger partial charge in [0.25, 0.3) is 0 Å². The Balaban J connectivity index is 2.23. The van der Waals surface area contributed by atoms with Crippen molar-refractivity contribution >= 4 is 0 Å². The van der Waals surface area contributed by atoms with E-state index < -0.39 is 17.2 Å². The number of ether oxygens (including phenoxy) is 1. The van der Waals surface area contributed by atoms with E-state index in [4.69, 9.17) is 4.74 Å². The van der Waals surface area contributed by atoms with Crippen molar-refractivity contribution in [2.75, 3.05) is 20.2 Å². The first kappa shape index (κ1) is 10.5. The molecule has 1 aliphatic heterocycles. The van der Waals surface area contributed by atoms with Crippen LogP contribution in [0.1, 0.15) is 5.56 Å². The quantitative estimate of drug-likeness (QED) is 0.821. The van der Waals surface area contributed by atoms with Crippen molar-refractivity contribution in [1.29, 1.82) is 0 Å². The highest BCUT2D eigenvalue weighted by atomic mass is 19.1. The maximum absolute atomic E-state index is 13.4. The Morgan fingerprint density at radius 2 is 1.93 bits per heavy atom. The summed E-state index contributed by atoms with van der Waals surface area (Å²) in [4.78, 5) is 0. The van der Waals surface area contributed by atoms with Gasteiger partial charge in [-0.15, -0.1) is 0 Å². The first-order chi connectivity index (χ1) is 7.17.